The van der Waals surface area contributed by atoms with E-state index in [9.17, 15) is 9.18 Å². The van der Waals surface area contributed by atoms with Gasteiger partial charge in [-0.1, -0.05) is 6.07 Å². The molecule has 0 saturated carbocycles. The second kappa shape index (κ2) is 4.12. The third kappa shape index (κ3) is 1.91. The van der Waals surface area contributed by atoms with E-state index < -0.39 is 11.1 Å². The van der Waals surface area contributed by atoms with Crippen LogP contribution in [-0.2, 0) is 0 Å². The van der Waals surface area contributed by atoms with Crippen LogP contribution in [0.3, 0.4) is 0 Å². The highest BCUT2D eigenvalue weighted by Gasteiger charge is 2.12. The number of benzene rings is 1. The highest BCUT2D eigenvalue weighted by molar-refractivity contribution is 8.21. The smallest absolute Gasteiger partial charge is 0.253 e. The first kappa shape index (κ1) is 9.84. The molecule has 1 aromatic carbocycles. The van der Waals surface area contributed by atoms with Crippen LogP contribution in [0.1, 0.15) is 10.4 Å². The predicted molar refractivity (Wildman–Crippen MR) is 48.3 cm³/mol. The van der Waals surface area contributed by atoms with Gasteiger partial charge < -0.3 is 0 Å². The maximum absolute atomic E-state index is 12.9. The maximum Gasteiger partial charge on any atom is 0.253 e. The van der Waals surface area contributed by atoms with Crippen LogP contribution in [0.15, 0.2) is 23.1 Å². The number of rotatable bonds is 2. The Morgan fingerprint density at radius 1 is 1.50 bits per heavy atom. The average Bonchev–Trinajstić information content (AvgIpc) is 2.03. The van der Waals surface area contributed by atoms with E-state index in [2.05, 4.69) is 0 Å². The van der Waals surface area contributed by atoms with Crippen molar-refractivity contribution < 1.29 is 9.18 Å². The molecule has 0 atom stereocenters. The molecule has 0 bridgehead atoms. The lowest BCUT2D eigenvalue weighted by Gasteiger charge is -2.00. The lowest BCUT2D eigenvalue weighted by atomic mass is 10.2. The van der Waals surface area contributed by atoms with E-state index in [4.69, 9.17) is 22.3 Å². The molecule has 0 unspecified atom stereocenters. The predicted octanol–water partition coefficient (Wildman–Crippen LogP) is 3.45. The Labute approximate surface area is 82.4 Å². The second-order valence-corrected chi connectivity index (χ2v) is 3.34. The van der Waals surface area contributed by atoms with Gasteiger partial charge in [0.1, 0.15) is 5.82 Å². The first-order valence-electron chi connectivity index (χ1n) is 2.93. The van der Waals surface area contributed by atoms with Gasteiger partial charge in [-0.15, -0.1) is 0 Å². The summed E-state index contributed by atoms with van der Waals surface area (Å²) < 4.78 is 12.9. The third-order valence-corrected chi connectivity index (χ3v) is 2.49. The maximum atomic E-state index is 12.9. The van der Waals surface area contributed by atoms with Crippen molar-refractivity contribution in [2.45, 2.75) is 4.90 Å². The molecule has 0 amide bonds. The molecule has 64 valence electrons. The van der Waals surface area contributed by atoms with Gasteiger partial charge in [0.05, 0.1) is 10.5 Å². The van der Waals surface area contributed by atoms with Gasteiger partial charge in [0.15, 0.2) is 0 Å². The van der Waals surface area contributed by atoms with Gasteiger partial charge in [0.2, 0.25) is 0 Å². The van der Waals surface area contributed by atoms with Gasteiger partial charge in [-0.25, -0.2) is 4.39 Å². The van der Waals surface area contributed by atoms with Gasteiger partial charge in [-0.05, 0) is 45.4 Å². The van der Waals surface area contributed by atoms with Gasteiger partial charge in [-0.3, -0.25) is 4.79 Å². The van der Waals surface area contributed by atoms with Crippen molar-refractivity contribution in [1.82, 2.24) is 0 Å². The SMILES string of the molecule is O=C(Cl)c1cccc(F)c1SCl. The summed E-state index contributed by atoms with van der Waals surface area (Å²) in [6, 6.07) is 4.04. The number of hydrogen-bond acceptors (Lipinski definition) is 2. The molecule has 0 N–H and O–H groups in total. The van der Waals surface area contributed by atoms with Crippen LogP contribution in [0.25, 0.3) is 0 Å². The summed E-state index contributed by atoms with van der Waals surface area (Å²) in [5.74, 6) is -0.540. The van der Waals surface area contributed by atoms with E-state index >= 15 is 0 Å². The first-order chi connectivity index (χ1) is 5.66. The Bertz CT molecular complexity index is 316. The minimum Gasteiger partial charge on any atom is -0.276 e. The zero-order valence-corrected chi connectivity index (χ0v) is 8.01. The van der Waals surface area contributed by atoms with E-state index in [-0.39, 0.29) is 10.5 Å². The Hall–Kier alpha value is -0.250. The van der Waals surface area contributed by atoms with Crippen molar-refractivity contribution in [3.63, 3.8) is 0 Å². The van der Waals surface area contributed by atoms with E-state index in [0.717, 1.165) is 0 Å². The summed E-state index contributed by atoms with van der Waals surface area (Å²) in [6.45, 7) is 0. The Balaban J connectivity index is 3.27. The molecule has 0 spiro atoms. The van der Waals surface area contributed by atoms with E-state index in [1.54, 1.807) is 0 Å². The quantitative estimate of drug-likeness (QED) is 0.717. The Morgan fingerprint density at radius 3 is 2.58 bits per heavy atom. The summed E-state index contributed by atoms with van der Waals surface area (Å²) in [5.41, 5.74) is 0.0941. The molecule has 0 saturated heterocycles. The van der Waals surface area contributed by atoms with Gasteiger partial charge in [0.25, 0.3) is 5.24 Å². The molecule has 1 rings (SSSR count). The molecular weight excluding hydrogens is 222 g/mol. The minimum atomic E-state index is -0.711. The minimum absolute atomic E-state index is 0.0687. The van der Waals surface area contributed by atoms with Crippen molar-refractivity contribution in [2.75, 3.05) is 0 Å². The molecule has 0 aliphatic carbocycles. The highest BCUT2D eigenvalue weighted by Crippen LogP contribution is 2.29. The van der Waals surface area contributed by atoms with Crippen LogP contribution in [0.5, 0.6) is 0 Å². The van der Waals surface area contributed by atoms with Crippen LogP contribution in [0, 0.1) is 5.82 Å². The van der Waals surface area contributed by atoms with Crippen molar-refractivity contribution in [3.8, 4) is 0 Å². The molecule has 0 aliphatic rings. The summed E-state index contributed by atoms with van der Waals surface area (Å²) in [5, 5.41) is -0.711. The van der Waals surface area contributed by atoms with Crippen molar-refractivity contribution in [1.29, 1.82) is 0 Å². The number of carbonyl (C=O) groups is 1. The monoisotopic (exact) mass is 224 g/mol. The van der Waals surface area contributed by atoms with Gasteiger partial charge >= 0.3 is 0 Å². The lowest BCUT2D eigenvalue weighted by Crippen LogP contribution is -1.93. The van der Waals surface area contributed by atoms with Crippen LogP contribution in [-0.4, -0.2) is 5.24 Å². The van der Waals surface area contributed by atoms with Crippen LogP contribution in [0.4, 0.5) is 4.39 Å². The third-order valence-electron chi connectivity index (χ3n) is 1.26. The molecule has 0 heterocycles. The molecule has 1 nitrogen and oxygen atoms in total. The van der Waals surface area contributed by atoms with Crippen molar-refractivity contribution in [3.05, 3.63) is 29.6 Å². The number of carbonyl (C=O) groups excluding carboxylic acids is 1. The largest absolute Gasteiger partial charge is 0.276 e. The topological polar surface area (TPSA) is 17.1 Å². The first-order valence-corrected chi connectivity index (χ1v) is 4.96. The average molecular weight is 225 g/mol. The second-order valence-electron chi connectivity index (χ2n) is 1.97. The van der Waals surface area contributed by atoms with Crippen LogP contribution in [0.2, 0.25) is 0 Å². The van der Waals surface area contributed by atoms with Crippen molar-refractivity contribution >= 4 is 38.5 Å². The Morgan fingerprint density at radius 2 is 2.17 bits per heavy atom. The summed E-state index contributed by atoms with van der Waals surface area (Å²) in [4.78, 5) is 10.8. The molecular formula is C7H3Cl2FOS. The molecule has 0 radical (unpaired) electrons. The number of hydrogen-bond donors (Lipinski definition) is 0. The van der Waals surface area contributed by atoms with Crippen LogP contribution < -0.4 is 0 Å². The van der Waals surface area contributed by atoms with Gasteiger partial charge in [0, 0.05) is 0 Å². The van der Waals surface area contributed by atoms with E-state index in [0.29, 0.717) is 11.0 Å². The van der Waals surface area contributed by atoms with E-state index in [1.807, 2.05) is 0 Å². The lowest BCUT2D eigenvalue weighted by molar-refractivity contribution is 0.107. The summed E-state index contributed by atoms with van der Waals surface area (Å²) in [7, 11) is 5.99. The van der Waals surface area contributed by atoms with Crippen molar-refractivity contribution in [2.24, 2.45) is 0 Å². The molecule has 0 fully saturated rings. The zero-order chi connectivity index (χ0) is 9.14. The fourth-order valence-electron chi connectivity index (χ4n) is 0.742. The molecule has 0 aromatic heterocycles. The fourth-order valence-corrected chi connectivity index (χ4v) is 1.81. The number of halogens is 3. The van der Waals surface area contributed by atoms with Gasteiger partial charge in [-0.2, -0.15) is 0 Å². The summed E-state index contributed by atoms with van der Waals surface area (Å²) in [6.07, 6.45) is 0. The molecule has 0 aliphatic heterocycles. The summed E-state index contributed by atoms with van der Waals surface area (Å²) >= 11 is 5.18. The highest BCUT2D eigenvalue weighted by atomic mass is 35.7. The van der Waals surface area contributed by atoms with Crippen LogP contribution >= 0.6 is 33.3 Å². The molecule has 5 heteroatoms. The Kier molecular flexibility index (Phi) is 3.38. The molecule has 1 aromatic rings. The zero-order valence-electron chi connectivity index (χ0n) is 5.68. The fraction of sp³-hybridized carbons (Fsp3) is 0. The van der Waals surface area contributed by atoms with E-state index in [1.165, 1.54) is 18.2 Å². The normalized spacial score (nSPS) is 9.92. The standard InChI is InChI=1S/C7H3Cl2FOS/c8-7(11)4-2-1-3-5(10)6(4)12-9/h1-3H. The molecule has 12 heavy (non-hydrogen) atoms.